The molecule has 1 aromatic carbocycles. The Morgan fingerprint density at radius 1 is 1.17 bits per heavy atom. The number of rotatable bonds is 9. The Balaban J connectivity index is 1.17. The van der Waals surface area contributed by atoms with Gasteiger partial charge < -0.3 is 19.7 Å². The molecule has 1 atom stereocenters. The molecule has 3 aliphatic heterocycles. The summed E-state index contributed by atoms with van der Waals surface area (Å²) in [5.41, 5.74) is 3.64. The first-order chi connectivity index (χ1) is 16.8. The van der Waals surface area contributed by atoms with E-state index >= 15 is 0 Å². The number of carbonyl (C=O) groups is 2. The van der Waals surface area contributed by atoms with Crippen molar-refractivity contribution in [1.29, 1.82) is 0 Å². The topological polar surface area (TPSA) is 90.9 Å². The van der Waals surface area contributed by atoms with Gasteiger partial charge in [0, 0.05) is 37.8 Å². The first kappa shape index (κ1) is 23.8. The normalized spacial score (nSPS) is 20.0. The van der Waals surface area contributed by atoms with Gasteiger partial charge in [-0.2, -0.15) is 4.98 Å². The van der Waals surface area contributed by atoms with Gasteiger partial charge >= 0.3 is 6.09 Å². The van der Waals surface area contributed by atoms with Crippen molar-refractivity contribution >= 4 is 31.5 Å². The van der Waals surface area contributed by atoms with E-state index in [0.717, 1.165) is 50.0 Å². The van der Waals surface area contributed by atoms with Crippen molar-refractivity contribution in [2.75, 3.05) is 42.9 Å². The lowest BCUT2D eigenvalue weighted by Gasteiger charge is -2.60. The van der Waals surface area contributed by atoms with Crippen LogP contribution in [0.2, 0.25) is 0 Å². The Morgan fingerprint density at radius 2 is 1.91 bits per heavy atom. The Hall–Kier alpha value is -2.98. The van der Waals surface area contributed by atoms with E-state index in [1.165, 1.54) is 5.56 Å². The van der Waals surface area contributed by atoms with E-state index in [1.54, 1.807) is 18.5 Å². The van der Waals surface area contributed by atoms with E-state index in [4.69, 9.17) is 4.74 Å². The average molecular weight is 475 g/mol. The molecule has 2 saturated heterocycles. The number of aromatic nitrogens is 2. The molecule has 5 rings (SSSR count). The predicted molar refractivity (Wildman–Crippen MR) is 135 cm³/mol. The van der Waals surface area contributed by atoms with Crippen LogP contribution in [-0.4, -0.2) is 72.1 Å². The zero-order valence-electron chi connectivity index (χ0n) is 20.6. The molecule has 1 radical (unpaired) electrons. The fourth-order valence-electron chi connectivity index (χ4n) is 5.30. The SMILES string of the molecule is CC(C)CN1C(=O)OCc2cnc(N[C@@H](C)c3ccc(CN4CC5(CN([B]C=O)C5)C4)cc3)nc21. The maximum Gasteiger partial charge on any atom is 0.415 e. The summed E-state index contributed by atoms with van der Waals surface area (Å²) in [6.07, 6.45) is 2.25. The van der Waals surface area contributed by atoms with Gasteiger partial charge in [-0.15, -0.1) is 0 Å². The largest absolute Gasteiger partial charge is 0.444 e. The highest BCUT2D eigenvalue weighted by Gasteiger charge is 2.50. The third-order valence-corrected chi connectivity index (χ3v) is 6.91. The second-order valence-corrected chi connectivity index (χ2v) is 10.5. The molecule has 2 fully saturated rings. The standard InChI is InChI=1S/C25H32BN6O3/c1-17(2)9-32-22-21(11-35-24(32)34)8-27-23(29-22)28-18(3)20-6-4-19(5-7-20)10-30-12-25(13-30)14-31(15-25)26-16-33/h4-8,16-18H,9-15H2,1-3H3,(H,27,28,29)/t18-/m0/s1. The molecule has 10 heteroatoms. The van der Waals surface area contributed by atoms with Crippen LogP contribution < -0.4 is 10.2 Å². The summed E-state index contributed by atoms with van der Waals surface area (Å²) in [6, 6.07) is 8.67. The van der Waals surface area contributed by atoms with Gasteiger partial charge in [-0.1, -0.05) is 38.1 Å². The van der Waals surface area contributed by atoms with Gasteiger partial charge in [0.05, 0.1) is 17.8 Å². The molecule has 1 aromatic heterocycles. The average Bonchev–Trinajstić information content (AvgIpc) is 2.78. The van der Waals surface area contributed by atoms with Crippen molar-refractivity contribution in [1.82, 2.24) is 19.7 Å². The first-order valence-corrected chi connectivity index (χ1v) is 12.2. The first-order valence-electron chi connectivity index (χ1n) is 12.2. The highest BCUT2D eigenvalue weighted by Crippen LogP contribution is 2.39. The number of cyclic esters (lactones) is 1. The monoisotopic (exact) mass is 475 g/mol. The van der Waals surface area contributed by atoms with Crippen LogP contribution in [0, 0.1) is 11.3 Å². The number of fused-ring (bicyclic) bond motifs is 1. The molecule has 1 amide bonds. The molecule has 0 saturated carbocycles. The van der Waals surface area contributed by atoms with E-state index in [1.807, 2.05) is 0 Å². The molecule has 0 bridgehead atoms. The van der Waals surface area contributed by atoms with Gasteiger partial charge in [-0.05, 0) is 37.1 Å². The van der Waals surface area contributed by atoms with Crippen molar-refractivity contribution in [2.45, 2.75) is 40.0 Å². The predicted octanol–water partition coefficient (Wildman–Crippen LogP) is 2.69. The fourth-order valence-corrected chi connectivity index (χ4v) is 5.30. The lowest BCUT2D eigenvalue weighted by Crippen LogP contribution is -2.72. The minimum Gasteiger partial charge on any atom is -0.444 e. The number of amides is 1. The summed E-state index contributed by atoms with van der Waals surface area (Å²) in [6.45, 7) is 12.1. The number of carbonyl (C=O) groups excluding carboxylic acids is 2. The molecule has 1 spiro atoms. The number of hydrogen-bond acceptors (Lipinski definition) is 8. The van der Waals surface area contributed by atoms with E-state index in [9.17, 15) is 9.59 Å². The molecule has 4 heterocycles. The van der Waals surface area contributed by atoms with E-state index in [-0.39, 0.29) is 18.7 Å². The summed E-state index contributed by atoms with van der Waals surface area (Å²) in [7, 11) is 1.65. The van der Waals surface area contributed by atoms with Crippen LogP contribution in [0.4, 0.5) is 16.6 Å². The van der Waals surface area contributed by atoms with Crippen LogP contribution in [-0.2, 0) is 22.7 Å². The molecule has 0 unspecified atom stereocenters. The summed E-state index contributed by atoms with van der Waals surface area (Å²) in [5, 5.41) is 3.38. The van der Waals surface area contributed by atoms with Gasteiger partial charge in [0.2, 0.25) is 5.95 Å². The van der Waals surface area contributed by atoms with Crippen molar-refractivity contribution in [3.63, 3.8) is 0 Å². The number of benzene rings is 1. The zero-order valence-corrected chi connectivity index (χ0v) is 20.6. The Kier molecular flexibility index (Phi) is 6.50. The Labute approximate surface area is 207 Å². The Morgan fingerprint density at radius 3 is 2.60 bits per heavy atom. The molecular formula is C25H32BN6O3. The quantitative estimate of drug-likeness (QED) is 0.438. The third kappa shape index (κ3) is 5.04. The van der Waals surface area contributed by atoms with Gasteiger partial charge in [-0.25, -0.2) is 9.78 Å². The van der Waals surface area contributed by atoms with Crippen molar-refractivity contribution < 1.29 is 14.3 Å². The second kappa shape index (κ2) is 9.58. The van der Waals surface area contributed by atoms with Crippen LogP contribution in [0.15, 0.2) is 30.5 Å². The van der Waals surface area contributed by atoms with Crippen LogP contribution >= 0.6 is 0 Å². The molecule has 0 aliphatic carbocycles. The van der Waals surface area contributed by atoms with Crippen molar-refractivity contribution in [3.8, 4) is 0 Å². The van der Waals surface area contributed by atoms with Gasteiger partial charge in [0.15, 0.2) is 0 Å². The van der Waals surface area contributed by atoms with Crippen LogP contribution in [0.3, 0.4) is 0 Å². The highest BCUT2D eigenvalue weighted by atomic mass is 16.6. The summed E-state index contributed by atoms with van der Waals surface area (Å²) in [4.78, 5) is 38.1. The number of ether oxygens (including phenoxy) is 1. The molecule has 9 nitrogen and oxygen atoms in total. The minimum atomic E-state index is -0.360. The molecule has 1 N–H and O–H groups in total. The molecular weight excluding hydrogens is 443 g/mol. The lowest BCUT2D eigenvalue weighted by molar-refractivity contribution is -0.0855. The summed E-state index contributed by atoms with van der Waals surface area (Å²) < 4.78 is 5.26. The Bertz CT molecular complexity index is 1080. The number of nitrogens with one attached hydrogen (secondary N) is 1. The highest BCUT2D eigenvalue weighted by molar-refractivity contribution is 6.64. The maximum absolute atomic E-state index is 12.3. The molecule has 2 aromatic rings. The fraction of sp³-hybridized carbons (Fsp3) is 0.520. The van der Waals surface area contributed by atoms with Crippen LogP contribution in [0.25, 0.3) is 0 Å². The smallest absolute Gasteiger partial charge is 0.415 e. The van der Waals surface area contributed by atoms with E-state index in [2.05, 4.69) is 70.0 Å². The number of hydrogen-bond donors (Lipinski definition) is 1. The number of likely N-dealkylation sites (tertiary alicyclic amines) is 1. The number of nitrogens with zero attached hydrogens (tertiary/aromatic N) is 5. The molecule has 35 heavy (non-hydrogen) atoms. The van der Waals surface area contributed by atoms with Crippen molar-refractivity contribution in [3.05, 3.63) is 47.2 Å². The van der Waals surface area contributed by atoms with E-state index in [0.29, 0.717) is 29.6 Å². The minimum absolute atomic E-state index is 0.0125. The molecule has 183 valence electrons. The third-order valence-electron chi connectivity index (χ3n) is 6.91. The van der Waals surface area contributed by atoms with Crippen LogP contribution in [0.1, 0.15) is 43.5 Å². The van der Waals surface area contributed by atoms with Gasteiger partial charge in [0.25, 0.3) is 7.41 Å². The van der Waals surface area contributed by atoms with E-state index < -0.39 is 0 Å². The zero-order chi connectivity index (χ0) is 24.6. The summed E-state index contributed by atoms with van der Waals surface area (Å²) >= 11 is 0. The van der Waals surface area contributed by atoms with Crippen molar-refractivity contribution in [2.24, 2.45) is 11.3 Å². The van der Waals surface area contributed by atoms with Gasteiger partial charge in [0.1, 0.15) is 12.4 Å². The maximum atomic E-state index is 12.3. The number of anilines is 2. The molecule has 3 aliphatic rings. The second-order valence-electron chi connectivity index (χ2n) is 10.5. The van der Waals surface area contributed by atoms with Crippen LogP contribution in [0.5, 0.6) is 0 Å². The van der Waals surface area contributed by atoms with Gasteiger partial charge in [-0.3, -0.25) is 9.80 Å². The lowest BCUT2D eigenvalue weighted by atomic mass is 9.68. The summed E-state index contributed by atoms with van der Waals surface area (Å²) in [5.74, 6) is 1.42.